The number of benzene rings is 1. The number of nitrogens with one attached hydrogen (secondary N) is 2. The Bertz CT molecular complexity index is 645. The molecule has 2 aliphatic rings. The van der Waals surface area contributed by atoms with Crippen molar-refractivity contribution in [3.63, 3.8) is 0 Å². The number of amides is 2. The standard InChI is InChI=1S/C16H18Cl2N4O/c17-11-1-3-13(18)10(7-11)5-6-20-16(23)21-14-8-12-2-4-15(14)22(12)9-19/h1,3,7,12,14-15H,2,4-6,8H2,(H2,20,21,23)/t12?,14-,15-/m1/s1. The molecule has 2 N–H and O–H groups in total. The Hall–Kier alpha value is -1.64. The Labute approximate surface area is 145 Å². The molecule has 2 fully saturated rings. The van der Waals surface area contributed by atoms with E-state index in [1.54, 1.807) is 12.1 Å². The third-order valence-corrected chi connectivity index (χ3v) is 5.26. The van der Waals surface area contributed by atoms with Gasteiger partial charge in [-0.25, -0.2) is 4.79 Å². The predicted octanol–water partition coefficient (Wildman–Crippen LogP) is 2.92. The van der Waals surface area contributed by atoms with E-state index in [4.69, 9.17) is 28.5 Å². The summed E-state index contributed by atoms with van der Waals surface area (Å²) < 4.78 is 0. The molecule has 2 amide bonds. The van der Waals surface area contributed by atoms with Crippen molar-refractivity contribution in [3.05, 3.63) is 33.8 Å². The van der Waals surface area contributed by atoms with Gasteiger partial charge in [0.05, 0.1) is 12.1 Å². The lowest BCUT2D eigenvalue weighted by Gasteiger charge is -2.22. The van der Waals surface area contributed by atoms with Gasteiger partial charge in [0.1, 0.15) is 0 Å². The highest BCUT2D eigenvalue weighted by Crippen LogP contribution is 2.36. The van der Waals surface area contributed by atoms with Crippen molar-refractivity contribution in [2.24, 2.45) is 0 Å². The van der Waals surface area contributed by atoms with Crippen molar-refractivity contribution in [1.29, 1.82) is 5.26 Å². The van der Waals surface area contributed by atoms with Crippen molar-refractivity contribution < 1.29 is 4.79 Å². The fourth-order valence-electron chi connectivity index (χ4n) is 3.56. The van der Waals surface area contributed by atoms with Gasteiger partial charge < -0.3 is 15.5 Å². The van der Waals surface area contributed by atoms with Crippen LogP contribution in [0.5, 0.6) is 0 Å². The van der Waals surface area contributed by atoms with Gasteiger partial charge in [0.15, 0.2) is 6.19 Å². The molecule has 2 heterocycles. The van der Waals surface area contributed by atoms with Crippen LogP contribution in [0.3, 0.4) is 0 Å². The Morgan fingerprint density at radius 3 is 2.96 bits per heavy atom. The molecule has 1 aromatic carbocycles. The van der Waals surface area contributed by atoms with Gasteiger partial charge >= 0.3 is 6.03 Å². The number of nitrogens with zero attached hydrogens (tertiary/aromatic N) is 2. The van der Waals surface area contributed by atoms with Crippen molar-refractivity contribution in [2.75, 3.05) is 6.54 Å². The van der Waals surface area contributed by atoms with Gasteiger partial charge in [-0.1, -0.05) is 23.2 Å². The third kappa shape index (κ3) is 3.49. The summed E-state index contributed by atoms with van der Waals surface area (Å²) in [5, 5.41) is 16.2. The van der Waals surface area contributed by atoms with Crippen LogP contribution in [0.15, 0.2) is 18.2 Å². The summed E-state index contributed by atoms with van der Waals surface area (Å²) >= 11 is 12.0. The van der Waals surface area contributed by atoms with Gasteiger partial charge in [-0.15, -0.1) is 0 Å². The summed E-state index contributed by atoms with van der Waals surface area (Å²) in [4.78, 5) is 13.9. The van der Waals surface area contributed by atoms with Crippen LogP contribution < -0.4 is 10.6 Å². The van der Waals surface area contributed by atoms with Crippen molar-refractivity contribution in [1.82, 2.24) is 15.5 Å². The number of halogens is 2. The van der Waals surface area contributed by atoms with E-state index in [0.717, 1.165) is 24.8 Å². The summed E-state index contributed by atoms with van der Waals surface area (Å²) in [5.74, 6) is 0. The molecule has 0 aromatic heterocycles. The van der Waals surface area contributed by atoms with Gasteiger partial charge in [0.25, 0.3) is 0 Å². The van der Waals surface area contributed by atoms with E-state index >= 15 is 0 Å². The second kappa shape index (κ2) is 6.86. The van der Waals surface area contributed by atoms with E-state index < -0.39 is 0 Å². The lowest BCUT2D eigenvalue weighted by molar-refractivity contribution is 0.233. The first-order valence-corrected chi connectivity index (χ1v) is 8.50. The third-order valence-electron chi connectivity index (χ3n) is 4.66. The number of fused-ring (bicyclic) bond motifs is 2. The number of rotatable bonds is 4. The van der Waals surface area contributed by atoms with Crippen molar-refractivity contribution in [2.45, 2.75) is 43.8 Å². The van der Waals surface area contributed by atoms with Crippen LogP contribution >= 0.6 is 23.2 Å². The fraction of sp³-hybridized carbons (Fsp3) is 0.500. The highest BCUT2D eigenvalue weighted by atomic mass is 35.5. The minimum absolute atomic E-state index is 0.0585. The molecule has 23 heavy (non-hydrogen) atoms. The summed E-state index contributed by atoms with van der Waals surface area (Å²) in [7, 11) is 0. The molecule has 3 atom stereocenters. The van der Waals surface area contributed by atoms with E-state index in [1.165, 1.54) is 0 Å². The Balaban J connectivity index is 1.46. The number of urea groups is 1. The zero-order valence-electron chi connectivity index (χ0n) is 12.6. The molecular weight excluding hydrogens is 335 g/mol. The Kier molecular flexibility index (Phi) is 4.84. The molecule has 7 heteroatoms. The second-order valence-corrected chi connectivity index (χ2v) is 6.88. The summed E-state index contributed by atoms with van der Waals surface area (Å²) in [6.07, 6.45) is 5.73. The van der Waals surface area contributed by atoms with Gasteiger partial charge in [-0.2, -0.15) is 5.26 Å². The molecule has 0 spiro atoms. The predicted molar refractivity (Wildman–Crippen MR) is 89.4 cm³/mol. The number of hydrogen-bond acceptors (Lipinski definition) is 3. The van der Waals surface area contributed by atoms with Crippen molar-refractivity contribution in [3.8, 4) is 6.19 Å². The Morgan fingerprint density at radius 1 is 1.39 bits per heavy atom. The molecule has 2 saturated heterocycles. The molecular formula is C16H18Cl2N4O. The quantitative estimate of drug-likeness (QED) is 0.818. The van der Waals surface area contributed by atoms with E-state index in [9.17, 15) is 4.79 Å². The average Bonchev–Trinajstić information content (AvgIpc) is 3.07. The van der Waals surface area contributed by atoms with Crippen LogP contribution in [-0.2, 0) is 6.42 Å². The normalized spacial score (nSPS) is 25.3. The summed E-state index contributed by atoms with van der Waals surface area (Å²) in [6.45, 7) is 0.481. The molecule has 1 unspecified atom stereocenters. The molecule has 2 aliphatic heterocycles. The zero-order valence-corrected chi connectivity index (χ0v) is 14.1. The smallest absolute Gasteiger partial charge is 0.315 e. The molecule has 1 aromatic rings. The average molecular weight is 353 g/mol. The van der Waals surface area contributed by atoms with Gasteiger partial charge in [-0.05, 0) is 49.4 Å². The largest absolute Gasteiger partial charge is 0.338 e. The number of carbonyl (C=O) groups excluding carboxylic acids is 1. The first-order chi connectivity index (χ1) is 11.1. The monoisotopic (exact) mass is 352 g/mol. The van der Waals surface area contributed by atoms with E-state index in [1.807, 2.05) is 11.0 Å². The highest BCUT2D eigenvalue weighted by molar-refractivity contribution is 6.33. The maximum atomic E-state index is 12.0. The van der Waals surface area contributed by atoms with Gasteiger partial charge in [-0.3, -0.25) is 0 Å². The number of hydrogen-bond donors (Lipinski definition) is 2. The summed E-state index contributed by atoms with van der Waals surface area (Å²) in [6, 6.07) is 5.61. The maximum absolute atomic E-state index is 12.0. The maximum Gasteiger partial charge on any atom is 0.315 e. The molecule has 2 bridgehead atoms. The molecule has 5 nitrogen and oxygen atoms in total. The van der Waals surface area contributed by atoms with E-state index in [-0.39, 0.29) is 18.1 Å². The van der Waals surface area contributed by atoms with Gasteiger partial charge in [0, 0.05) is 22.6 Å². The topological polar surface area (TPSA) is 68.2 Å². The van der Waals surface area contributed by atoms with Crippen LogP contribution in [-0.4, -0.2) is 35.6 Å². The molecule has 3 rings (SSSR count). The van der Waals surface area contributed by atoms with Crippen LogP contribution in [0.4, 0.5) is 4.79 Å². The first kappa shape index (κ1) is 16.2. The lowest BCUT2D eigenvalue weighted by Crippen LogP contribution is -2.47. The van der Waals surface area contributed by atoms with Gasteiger partial charge in [0.2, 0.25) is 0 Å². The number of carbonyl (C=O) groups is 1. The van der Waals surface area contributed by atoms with E-state index in [0.29, 0.717) is 29.1 Å². The van der Waals surface area contributed by atoms with Crippen LogP contribution in [0.25, 0.3) is 0 Å². The Morgan fingerprint density at radius 2 is 2.22 bits per heavy atom. The van der Waals surface area contributed by atoms with Crippen LogP contribution in [0.2, 0.25) is 10.0 Å². The zero-order chi connectivity index (χ0) is 16.4. The van der Waals surface area contributed by atoms with Crippen LogP contribution in [0, 0.1) is 11.5 Å². The van der Waals surface area contributed by atoms with Crippen molar-refractivity contribution >= 4 is 29.2 Å². The molecule has 0 aliphatic carbocycles. The van der Waals surface area contributed by atoms with E-state index in [2.05, 4.69) is 16.8 Å². The SMILES string of the molecule is N#CN1C2CC[C@@H]1[C@H](NC(=O)NCCc1cc(Cl)ccc1Cl)C2. The number of nitriles is 1. The molecule has 122 valence electrons. The first-order valence-electron chi connectivity index (χ1n) is 7.75. The minimum Gasteiger partial charge on any atom is -0.338 e. The minimum atomic E-state index is -0.196. The molecule has 0 saturated carbocycles. The fourth-order valence-corrected chi connectivity index (χ4v) is 3.97. The lowest BCUT2D eigenvalue weighted by atomic mass is 9.96. The second-order valence-electron chi connectivity index (χ2n) is 6.03. The van der Waals surface area contributed by atoms with Crippen LogP contribution in [0.1, 0.15) is 24.8 Å². The molecule has 0 radical (unpaired) electrons. The summed E-state index contributed by atoms with van der Waals surface area (Å²) in [5.41, 5.74) is 0.912. The highest BCUT2D eigenvalue weighted by Gasteiger charge is 2.46.